The molecule has 1 aliphatic heterocycles. The second-order valence-electron chi connectivity index (χ2n) is 5.78. The summed E-state index contributed by atoms with van der Waals surface area (Å²) in [4.78, 5) is 29.2. The molecule has 0 saturated heterocycles. The Balaban J connectivity index is 2.00. The van der Waals surface area contributed by atoms with Gasteiger partial charge < -0.3 is 19.9 Å². The van der Waals surface area contributed by atoms with Crippen molar-refractivity contribution in [2.45, 2.75) is 18.1 Å². The largest absolute Gasteiger partial charge is 0.463 e. The van der Waals surface area contributed by atoms with Gasteiger partial charge in [-0.15, -0.1) is 0 Å². The molecule has 1 aliphatic rings. The number of halogens is 1. The van der Waals surface area contributed by atoms with Gasteiger partial charge in [0.2, 0.25) is 0 Å². The van der Waals surface area contributed by atoms with Crippen LogP contribution in [0, 0.1) is 0 Å². The van der Waals surface area contributed by atoms with E-state index in [-0.39, 0.29) is 6.61 Å². The van der Waals surface area contributed by atoms with Gasteiger partial charge in [0.15, 0.2) is 5.16 Å². The first-order valence-corrected chi connectivity index (χ1v) is 9.69. The number of thioether (sulfide) groups is 1. The molecule has 3 rings (SSSR count). The molecule has 142 valence electrons. The van der Waals surface area contributed by atoms with Crippen LogP contribution < -0.4 is 10.6 Å². The van der Waals surface area contributed by atoms with Crippen LogP contribution in [0.4, 0.5) is 4.79 Å². The zero-order valence-electron chi connectivity index (χ0n) is 14.9. The average Bonchev–Trinajstić information content (AvgIpc) is 3.05. The minimum absolute atomic E-state index is 0.227. The van der Waals surface area contributed by atoms with Crippen molar-refractivity contribution in [2.75, 3.05) is 12.4 Å². The van der Waals surface area contributed by atoms with Crippen LogP contribution in [0.5, 0.6) is 0 Å². The van der Waals surface area contributed by atoms with Crippen molar-refractivity contribution < 1.29 is 14.3 Å². The number of esters is 1. The number of ether oxygens (including phenoxy) is 1. The highest BCUT2D eigenvalue weighted by molar-refractivity contribution is 7.99. The van der Waals surface area contributed by atoms with Gasteiger partial charge in [-0.05, 0) is 18.6 Å². The number of imidazole rings is 1. The second-order valence-corrected chi connectivity index (χ2v) is 7.12. The molecule has 9 heteroatoms. The number of aromatic nitrogens is 2. The molecule has 7 nitrogen and oxygen atoms in total. The molecule has 0 bridgehead atoms. The van der Waals surface area contributed by atoms with E-state index in [0.717, 1.165) is 5.16 Å². The molecule has 0 radical (unpaired) electrons. The summed E-state index contributed by atoms with van der Waals surface area (Å²) in [6.45, 7) is 1.96. The Kier molecular flexibility index (Phi) is 6.08. The summed E-state index contributed by atoms with van der Waals surface area (Å²) >= 11 is 7.73. The summed E-state index contributed by atoms with van der Waals surface area (Å²) in [5, 5.41) is 6.74. The van der Waals surface area contributed by atoms with Gasteiger partial charge in [0, 0.05) is 35.9 Å². The van der Waals surface area contributed by atoms with Crippen LogP contribution in [0.15, 0.2) is 53.1 Å². The Morgan fingerprint density at radius 3 is 2.85 bits per heavy atom. The molecule has 2 heterocycles. The second kappa shape index (κ2) is 8.49. The molecular weight excluding hydrogens is 388 g/mol. The molecule has 1 atom stereocenters. The number of urea groups is 1. The van der Waals surface area contributed by atoms with E-state index < -0.39 is 18.0 Å². The van der Waals surface area contributed by atoms with Gasteiger partial charge in [-0.2, -0.15) is 0 Å². The van der Waals surface area contributed by atoms with E-state index in [0.29, 0.717) is 27.6 Å². The van der Waals surface area contributed by atoms with Gasteiger partial charge in [0.05, 0.1) is 18.2 Å². The molecule has 2 N–H and O–H groups in total. The van der Waals surface area contributed by atoms with Crippen molar-refractivity contribution in [2.24, 2.45) is 7.05 Å². The predicted molar refractivity (Wildman–Crippen MR) is 103 cm³/mol. The first-order valence-electron chi connectivity index (χ1n) is 8.33. The number of carbonyl (C=O) groups excluding carboxylic acids is 2. The van der Waals surface area contributed by atoms with Crippen molar-refractivity contribution in [3.63, 3.8) is 0 Å². The highest BCUT2D eigenvalue weighted by Crippen LogP contribution is 2.33. The van der Waals surface area contributed by atoms with Crippen molar-refractivity contribution in [1.82, 2.24) is 20.2 Å². The molecule has 0 saturated carbocycles. The van der Waals surface area contributed by atoms with E-state index in [9.17, 15) is 9.59 Å². The predicted octanol–water partition coefficient (Wildman–Crippen LogP) is 3.04. The van der Waals surface area contributed by atoms with E-state index >= 15 is 0 Å². The fraction of sp³-hybridized carbons (Fsp3) is 0.278. The van der Waals surface area contributed by atoms with E-state index in [2.05, 4.69) is 15.6 Å². The molecule has 2 aromatic rings. The van der Waals surface area contributed by atoms with Crippen LogP contribution in [0.25, 0.3) is 0 Å². The van der Waals surface area contributed by atoms with Crippen LogP contribution in [0.1, 0.15) is 18.5 Å². The first kappa shape index (κ1) is 19.3. The smallest absolute Gasteiger partial charge is 0.338 e. The molecular formula is C18H19ClN4O3S. The van der Waals surface area contributed by atoms with E-state index in [1.54, 1.807) is 37.4 Å². The van der Waals surface area contributed by atoms with Gasteiger partial charge in [-0.3, -0.25) is 0 Å². The van der Waals surface area contributed by atoms with Gasteiger partial charge in [0.25, 0.3) is 0 Å². The third-order valence-electron chi connectivity index (χ3n) is 3.99. The first-order chi connectivity index (χ1) is 13.0. The fourth-order valence-corrected chi connectivity index (χ4v) is 3.90. The van der Waals surface area contributed by atoms with Gasteiger partial charge in [-0.1, -0.05) is 41.6 Å². The molecule has 0 unspecified atom stereocenters. The maximum absolute atomic E-state index is 12.7. The molecule has 1 aromatic heterocycles. The van der Waals surface area contributed by atoms with Crippen molar-refractivity contribution in [3.05, 3.63) is 58.5 Å². The lowest BCUT2D eigenvalue weighted by Gasteiger charge is -2.29. The number of nitrogens with one attached hydrogen (secondary N) is 2. The van der Waals surface area contributed by atoms with E-state index in [1.807, 2.05) is 17.8 Å². The number of hydrogen-bond donors (Lipinski definition) is 2. The Morgan fingerprint density at radius 2 is 2.19 bits per heavy atom. The van der Waals surface area contributed by atoms with Crippen LogP contribution in [0.3, 0.4) is 0 Å². The molecule has 1 aromatic carbocycles. The fourth-order valence-electron chi connectivity index (χ4n) is 2.75. The summed E-state index contributed by atoms with van der Waals surface area (Å²) in [6, 6.07) is 6.00. The van der Waals surface area contributed by atoms with Gasteiger partial charge in [-0.25, -0.2) is 14.6 Å². The summed E-state index contributed by atoms with van der Waals surface area (Å²) in [5.41, 5.74) is 1.46. The maximum Gasteiger partial charge on any atom is 0.338 e. The van der Waals surface area contributed by atoms with Crippen LogP contribution in [0.2, 0.25) is 5.02 Å². The normalized spacial score (nSPS) is 16.7. The number of aryl methyl sites for hydroxylation is 1. The van der Waals surface area contributed by atoms with Crippen molar-refractivity contribution >= 4 is 35.4 Å². The highest BCUT2D eigenvalue weighted by atomic mass is 35.5. The summed E-state index contributed by atoms with van der Waals surface area (Å²) in [5.74, 6) is -0.140. The lowest BCUT2D eigenvalue weighted by Crippen LogP contribution is -2.46. The SMILES string of the molecule is CCOC(=O)C1=C(CSc2nccn2C)NC(=O)N[C@@H]1c1ccccc1Cl. The number of rotatable bonds is 6. The van der Waals surface area contributed by atoms with Crippen molar-refractivity contribution in [1.29, 1.82) is 0 Å². The van der Waals surface area contributed by atoms with Gasteiger partial charge in [0.1, 0.15) is 0 Å². The quantitative estimate of drug-likeness (QED) is 0.569. The number of benzene rings is 1. The number of nitrogens with zero attached hydrogens (tertiary/aromatic N) is 2. The molecule has 0 aliphatic carbocycles. The summed E-state index contributed by atoms with van der Waals surface area (Å²) in [6.07, 6.45) is 3.52. The third kappa shape index (κ3) is 4.28. The molecule has 2 amide bonds. The van der Waals surface area contributed by atoms with Crippen LogP contribution >= 0.6 is 23.4 Å². The zero-order valence-corrected chi connectivity index (χ0v) is 16.4. The topological polar surface area (TPSA) is 85.2 Å². The number of carbonyl (C=O) groups is 2. The minimum Gasteiger partial charge on any atom is -0.463 e. The lowest BCUT2D eigenvalue weighted by molar-refractivity contribution is -0.139. The van der Waals surface area contributed by atoms with Gasteiger partial charge >= 0.3 is 12.0 Å². The van der Waals surface area contributed by atoms with Crippen LogP contribution in [-0.2, 0) is 16.6 Å². The number of hydrogen-bond acceptors (Lipinski definition) is 5. The van der Waals surface area contributed by atoms with Crippen LogP contribution in [-0.4, -0.2) is 33.9 Å². The maximum atomic E-state index is 12.7. The Bertz CT molecular complexity index is 896. The van der Waals surface area contributed by atoms with Crippen molar-refractivity contribution in [3.8, 4) is 0 Å². The Labute approximate surface area is 166 Å². The monoisotopic (exact) mass is 406 g/mol. The molecule has 0 spiro atoms. The molecule has 0 fully saturated rings. The van der Waals surface area contributed by atoms with E-state index in [4.69, 9.17) is 16.3 Å². The summed E-state index contributed by atoms with van der Waals surface area (Å²) in [7, 11) is 1.88. The number of amides is 2. The molecule has 27 heavy (non-hydrogen) atoms. The average molecular weight is 407 g/mol. The zero-order chi connectivity index (χ0) is 19.4. The standard InChI is InChI=1S/C18H19ClN4O3S/c1-3-26-16(24)14-13(10-27-18-20-8-9-23(18)2)21-17(25)22-15(14)11-6-4-5-7-12(11)19/h4-9,15H,3,10H2,1-2H3,(H2,21,22,25)/t15-/m1/s1. The van der Waals surface area contributed by atoms with E-state index in [1.165, 1.54) is 11.8 Å². The Hall–Kier alpha value is -2.45. The minimum atomic E-state index is -0.691. The lowest BCUT2D eigenvalue weighted by atomic mass is 9.95. The third-order valence-corrected chi connectivity index (χ3v) is 5.42. The Morgan fingerprint density at radius 1 is 1.41 bits per heavy atom. The highest BCUT2D eigenvalue weighted by Gasteiger charge is 2.34. The summed E-state index contributed by atoms with van der Waals surface area (Å²) < 4.78 is 7.10.